The van der Waals surface area contributed by atoms with Crippen LogP contribution in [0.3, 0.4) is 0 Å². The van der Waals surface area contributed by atoms with Crippen molar-refractivity contribution in [3.8, 4) is 0 Å². The summed E-state index contributed by atoms with van der Waals surface area (Å²) in [6, 6.07) is 3.99. The Kier molecular flexibility index (Phi) is 9.28. The van der Waals surface area contributed by atoms with Crippen LogP contribution in [-0.4, -0.2) is 48.8 Å². The van der Waals surface area contributed by atoms with Gasteiger partial charge in [0, 0.05) is 19.5 Å². The minimum atomic E-state index is -0.313. The quantitative estimate of drug-likeness (QED) is 0.370. The van der Waals surface area contributed by atoms with Crippen molar-refractivity contribution in [3.05, 3.63) is 58.7 Å². The molecule has 1 saturated heterocycles. The molecule has 0 radical (unpaired) electrons. The van der Waals surface area contributed by atoms with Crippen molar-refractivity contribution in [3.63, 3.8) is 0 Å². The van der Waals surface area contributed by atoms with Crippen molar-refractivity contribution < 1.29 is 19.2 Å². The second kappa shape index (κ2) is 12.4. The number of aryl methyl sites for hydroxylation is 2. The lowest BCUT2D eigenvalue weighted by Crippen LogP contribution is -2.39. The molecule has 0 saturated carbocycles. The van der Waals surface area contributed by atoms with Crippen LogP contribution in [-0.2, 0) is 20.8 Å². The molecular weight excluding hydrogens is 416 g/mol. The van der Waals surface area contributed by atoms with E-state index in [2.05, 4.69) is 24.2 Å². The standard InChI is InChI=1S/C27H36N2O4/c1-20-11-13-29(14-12-20)25(30)19-33-28-24-10-8-6-4-5-7-9-15-32-27(31)26-22(3)16-21(2)17-23(26)18-24/h5,7-8,10,16-17,20H,4,6,9,11-15,18-19H2,1-3H3/b7-5+,10-8+,28-24-. The Bertz CT molecular complexity index is 924. The summed E-state index contributed by atoms with van der Waals surface area (Å²) in [6.45, 7) is 8.00. The van der Waals surface area contributed by atoms with Crippen molar-refractivity contribution in [2.75, 3.05) is 26.3 Å². The molecule has 2 aliphatic rings. The molecule has 33 heavy (non-hydrogen) atoms. The molecule has 0 spiro atoms. The summed E-state index contributed by atoms with van der Waals surface area (Å²) in [5.74, 6) is 0.322. The van der Waals surface area contributed by atoms with E-state index >= 15 is 0 Å². The number of carbonyl (C=O) groups excluding carboxylic acids is 2. The summed E-state index contributed by atoms with van der Waals surface area (Å²) in [7, 11) is 0. The predicted molar refractivity (Wildman–Crippen MR) is 130 cm³/mol. The zero-order chi connectivity index (χ0) is 23.6. The van der Waals surface area contributed by atoms with Gasteiger partial charge in [-0.05, 0) is 69.1 Å². The normalized spacial score (nSPS) is 21.6. The molecule has 6 heteroatoms. The molecule has 1 fully saturated rings. The fourth-order valence-corrected chi connectivity index (χ4v) is 4.26. The fourth-order valence-electron chi connectivity index (χ4n) is 4.26. The highest BCUT2D eigenvalue weighted by Gasteiger charge is 2.21. The molecule has 0 atom stereocenters. The summed E-state index contributed by atoms with van der Waals surface area (Å²) in [5.41, 5.74) is 4.07. The van der Waals surface area contributed by atoms with Crippen molar-refractivity contribution in [2.24, 2.45) is 11.1 Å². The lowest BCUT2D eigenvalue weighted by molar-refractivity contribution is -0.137. The molecule has 3 rings (SSSR count). The number of amides is 1. The fraction of sp³-hybridized carbons (Fsp3) is 0.519. The molecule has 178 valence electrons. The monoisotopic (exact) mass is 452 g/mol. The number of carbonyl (C=O) groups is 2. The number of oxime groups is 1. The van der Waals surface area contributed by atoms with E-state index in [-0.39, 0.29) is 18.5 Å². The van der Waals surface area contributed by atoms with Gasteiger partial charge in [-0.15, -0.1) is 0 Å². The largest absolute Gasteiger partial charge is 0.462 e. The number of rotatable bonds is 3. The third-order valence-corrected chi connectivity index (χ3v) is 6.14. The number of piperidine rings is 1. The number of benzene rings is 1. The number of nitrogens with zero attached hydrogens (tertiary/aromatic N) is 2. The van der Waals surface area contributed by atoms with Crippen LogP contribution >= 0.6 is 0 Å². The number of cyclic esters (lactones) is 1. The van der Waals surface area contributed by atoms with Crippen molar-refractivity contribution >= 4 is 17.6 Å². The first kappa shape index (κ1) is 24.7. The minimum absolute atomic E-state index is 0.0306. The molecule has 6 nitrogen and oxygen atoms in total. The van der Waals surface area contributed by atoms with Crippen LogP contribution in [0, 0.1) is 19.8 Å². The van der Waals surface area contributed by atoms with E-state index in [1.54, 1.807) is 0 Å². The number of ether oxygens (including phenoxy) is 1. The lowest BCUT2D eigenvalue weighted by atomic mass is 9.95. The molecule has 1 aromatic carbocycles. The highest BCUT2D eigenvalue weighted by molar-refractivity contribution is 6.00. The first-order chi connectivity index (χ1) is 15.9. The van der Waals surface area contributed by atoms with Gasteiger partial charge in [-0.3, -0.25) is 4.79 Å². The third-order valence-electron chi connectivity index (χ3n) is 6.14. The Labute approximate surface area is 197 Å². The SMILES string of the molecule is Cc1cc(C)c2c(c1)CC(=N\OCC(=O)N1CCC(C)CC1)/C=C/CC/C=C/CCOC2=O. The number of esters is 1. The van der Waals surface area contributed by atoms with Crippen LogP contribution in [0.5, 0.6) is 0 Å². The third kappa shape index (κ3) is 7.58. The molecular formula is C27H36N2O4. The Morgan fingerprint density at radius 1 is 1.12 bits per heavy atom. The van der Waals surface area contributed by atoms with Crippen molar-refractivity contribution in [1.82, 2.24) is 4.90 Å². The molecule has 1 aromatic rings. The molecule has 0 aliphatic carbocycles. The summed E-state index contributed by atoms with van der Waals surface area (Å²) in [5, 5.41) is 4.30. The molecule has 2 heterocycles. The van der Waals surface area contributed by atoms with Gasteiger partial charge in [-0.1, -0.05) is 48.0 Å². The maximum Gasteiger partial charge on any atom is 0.338 e. The number of hydrogen-bond donors (Lipinski definition) is 0. The Morgan fingerprint density at radius 3 is 2.64 bits per heavy atom. The second-order valence-electron chi connectivity index (χ2n) is 9.09. The van der Waals surface area contributed by atoms with Crippen LogP contribution in [0.1, 0.15) is 66.1 Å². The highest BCUT2D eigenvalue weighted by Crippen LogP contribution is 2.21. The van der Waals surface area contributed by atoms with Gasteiger partial charge in [0.25, 0.3) is 5.91 Å². The van der Waals surface area contributed by atoms with Crippen molar-refractivity contribution in [2.45, 2.75) is 59.3 Å². The van der Waals surface area contributed by atoms with E-state index in [1.807, 2.05) is 43.0 Å². The van der Waals surface area contributed by atoms with E-state index in [4.69, 9.17) is 9.57 Å². The van der Waals surface area contributed by atoms with E-state index in [1.165, 1.54) is 0 Å². The molecule has 1 amide bonds. The molecule has 0 aromatic heterocycles. The van der Waals surface area contributed by atoms with Gasteiger partial charge < -0.3 is 14.5 Å². The molecule has 0 N–H and O–H groups in total. The predicted octanol–water partition coefficient (Wildman–Crippen LogP) is 4.93. The molecule has 0 bridgehead atoms. The second-order valence-corrected chi connectivity index (χ2v) is 9.09. The zero-order valence-corrected chi connectivity index (χ0v) is 20.1. The Hall–Kier alpha value is -2.89. The summed E-state index contributed by atoms with van der Waals surface area (Å²) in [4.78, 5) is 32.7. The van der Waals surface area contributed by atoms with Crippen LogP contribution in [0.15, 0.2) is 41.6 Å². The lowest BCUT2D eigenvalue weighted by Gasteiger charge is -2.29. The zero-order valence-electron chi connectivity index (χ0n) is 20.1. The number of fused-ring (bicyclic) bond motifs is 1. The average Bonchev–Trinajstić information content (AvgIpc) is 2.77. The minimum Gasteiger partial charge on any atom is -0.462 e. The number of hydrogen-bond acceptors (Lipinski definition) is 5. The van der Waals surface area contributed by atoms with Gasteiger partial charge in [-0.25, -0.2) is 4.79 Å². The first-order valence-corrected chi connectivity index (χ1v) is 12.0. The van der Waals surface area contributed by atoms with Gasteiger partial charge in [0.1, 0.15) is 0 Å². The van der Waals surface area contributed by atoms with E-state index in [0.29, 0.717) is 36.6 Å². The van der Waals surface area contributed by atoms with Gasteiger partial charge in [0.05, 0.1) is 17.9 Å². The van der Waals surface area contributed by atoms with Crippen LogP contribution < -0.4 is 0 Å². The smallest absolute Gasteiger partial charge is 0.338 e. The Balaban J connectivity index is 1.78. The summed E-state index contributed by atoms with van der Waals surface area (Å²) < 4.78 is 5.53. The van der Waals surface area contributed by atoms with Gasteiger partial charge in [0.15, 0.2) is 6.61 Å². The van der Waals surface area contributed by atoms with Crippen LogP contribution in [0.4, 0.5) is 0 Å². The topological polar surface area (TPSA) is 68.2 Å². The van der Waals surface area contributed by atoms with Crippen LogP contribution in [0.25, 0.3) is 0 Å². The average molecular weight is 453 g/mol. The summed E-state index contributed by atoms with van der Waals surface area (Å²) >= 11 is 0. The van der Waals surface area contributed by atoms with Gasteiger partial charge in [0.2, 0.25) is 0 Å². The van der Waals surface area contributed by atoms with E-state index in [0.717, 1.165) is 55.5 Å². The number of likely N-dealkylation sites (tertiary alicyclic amines) is 1. The first-order valence-electron chi connectivity index (χ1n) is 12.0. The molecule has 2 aliphatic heterocycles. The van der Waals surface area contributed by atoms with E-state index < -0.39 is 0 Å². The highest BCUT2D eigenvalue weighted by atomic mass is 16.6. The molecule has 0 unspecified atom stereocenters. The van der Waals surface area contributed by atoms with Crippen LogP contribution in [0.2, 0.25) is 0 Å². The van der Waals surface area contributed by atoms with Gasteiger partial charge >= 0.3 is 5.97 Å². The number of allylic oxidation sites excluding steroid dienone is 3. The maximum atomic E-state index is 12.8. The van der Waals surface area contributed by atoms with E-state index in [9.17, 15) is 9.59 Å². The van der Waals surface area contributed by atoms with Gasteiger partial charge in [-0.2, -0.15) is 0 Å². The summed E-state index contributed by atoms with van der Waals surface area (Å²) in [6.07, 6.45) is 13.1. The maximum absolute atomic E-state index is 12.8. The van der Waals surface area contributed by atoms with Crippen molar-refractivity contribution in [1.29, 1.82) is 0 Å². The Morgan fingerprint density at radius 2 is 1.85 bits per heavy atom.